The minimum absolute atomic E-state index is 0.110. The standard InChI is InChI=1S/C16H22N2O3/c1-3-16(7-4-8-16)10-17-15(21)18-13-6-5-11(2)9-12(13)14(19)20/h5-6,9H,3-4,7-8,10H2,1-2H3,(H,19,20)(H2,17,18,21). The van der Waals surface area contributed by atoms with Crippen molar-refractivity contribution in [2.45, 2.75) is 39.5 Å². The van der Waals surface area contributed by atoms with Gasteiger partial charge in [0, 0.05) is 6.54 Å². The second kappa shape index (κ2) is 6.16. The summed E-state index contributed by atoms with van der Waals surface area (Å²) in [7, 11) is 0. The highest BCUT2D eigenvalue weighted by Crippen LogP contribution is 2.43. The van der Waals surface area contributed by atoms with E-state index in [9.17, 15) is 14.7 Å². The highest BCUT2D eigenvalue weighted by Gasteiger charge is 2.35. The predicted octanol–water partition coefficient (Wildman–Crippen LogP) is 3.40. The van der Waals surface area contributed by atoms with E-state index in [2.05, 4.69) is 17.6 Å². The highest BCUT2D eigenvalue weighted by molar-refractivity contribution is 6.00. The second-order valence-corrected chi connectivity index (χ2v) is 5.87. The van der Waals surface area contributed by atoms with E-state index in [0.717, 1.165) is 24.8 Å². The van der Waals surface area contributed by atoms with Gasteiger partial charge in [-0.1, -0.05) is 25.0 Å². The van der Waals surface area contributed by atoms with E-state index in [-0.39, 0.29) is 17.0 Å². The Morgan fingerprint density at radius 3 is 2.57 bits per heavy atom. The molecule has 1 fully saturated rings. The van der Waals surface area contributed by atoms with Crippen molar-refractivity contribution in [3.63, 3.8) is 0 Å². The van der Waals surface area contributed by atoms with Crippen molar-refractivity contribution in [3.05, 3.63) is 29.3 Å². The lowest BCUT2D eigenvalue weighted by Gasteiger charge is -2.41. The maximum Gasteiger partial charge on any atom is 0.337 e. The Kier molecular flexibility index (Phi) is 4.50. The molecule has 1 aliphatic carbocycles. The molecule has 2 rings (SSSR count). The Balaban J connectivity index is 1.98. The number of urea groups is 1. The van der Waals surface area contributed by atoms with E-state index < -0.39 is 5.97 Å². The number of hydrogen-bond acceptors (Lipinski definition) is 2. The number of aromatic carboxylic acids is 1. The minimum Gasteiger partial charge on any atom is -0.478 e. The van der Waals surface area contributed by atoms with Gasteiger partial charge in [-0.05, 0) is 43.7 Å². The SMILES string of the molecule is CCC1(CNC(=O)Nc2ccc(C)cc2C(=O)O)CCC1. The van der Waals surface area contributed by atoms with Gasteiger partial charge < -0.3 is 15.7 Å². The van der Waals surface area contributed by atoms with E-state index in [1.807, 2.05) is 6.92 Å². The number of hydrogen-bond donors (Lipinski definition) is 3. The van der Waals surface area contributed by atoms with Crippen molar-refractivity contribution in [1.82, 2.24) is 5.32 Å². The van der Waals surface area contributed by atoms with Crippen LogP contribution in [0, 0.1) is 12.3 Å². The molecule has 0 bridgehead atoms. The van der Waals surface area contributed by atoms with Crippen LogP contribution in [0.15, 0.2) is 18.2 Å². The number of carboxylic acid groups (broad SMARTS) is 1. The molecule has 21 heavy (non-hydrogen) atoms. The number of carbonyl (C=O) groups is 2. The molecule has 3 N–H and O–H groups in total. The van der Waals surface area contributed by atoms with Crippen LogP contribution in [0.4, 0.5) is 10.5 Å². The Bertz CT molecular complexity index is 545. The summed E-state index contributed by atoms with van der Waals surface area (Å²) in [6.07, 6.45) is 4.57. The molecule has 5 nitrogen and oxygen atoms in total. The molecule has 0 radical (unpaired) electrons. The monoisotopic (exact) mass is 290 g/mol. The first-order chi connectivity index (χ1) is 9.96. The molecule has 0 saturated heterocycles. The number of anilines is 1. The first kappa shape index (κ1) is 15.4. The molecule has 0 aliphatic heterocycles. The molecule has 1 aromatic carbocycles. The van der Waals surface area contributed by atoms with Crippen LogP contribution in [0.1, 0.15) is 48.5 Å². The average molecular weight is 290 g/mol. The Morgan fingerprint density at radius 1 is 1.33 bits per heavy atom. The predicted molar refractivity (Wildman–Crippen MR) is 81.7 cm³/mol. The van der Waals surface area contributed by atoms with Crippen LogP contribution in [-0.2, 0) is 0 Å². The molecule has 2 amide bonds. The molecular weight excluding hydrogens is 268 g/mol. The molecule has 0 unspecified atom stereocenters. The van der Waals surface area contributed by atoms with E-state index in [4.69, 9.17) is 0 Å². The summed E-state index contributed by atoms with van der Waals surface area (Å²) < 4.78 is 0. The van der Waals surface area contributed by atoms with Crippen molar-refractivity contribution in [1.29, 1.82) is 0 Å². The Hall–Kier alpha value is -2.04. The molecule has 0 heterocycles. The minimum atomic E-state index is -1.04. The lowest BCUT2D eigenvalue weighted by atomic mass is 9.67. The lowest BCUT2D eigenvalue weighted by molar-refractivity contribution is 0.0698. The third-order valence-corrected chi connectivity index (χ3v) is 4.44. The number of rotatable bonds is 5. The van der Waals surface area contributed by atoms with Gasteiger partial charge in [-0.25, -0.2) is 9.59 Å². The molecule has 1 saturated carbocycles. The van der Waals surface area contributed by atoms with Crippen molar-refractivity contribution in [3.8, 4) is 0 Å². The van der Waals surface area contributed by atoms with E-state index in [1.54, 1.807) is 18.2 Å². The van der Waals surface area contributed by atoms with Crippen LogP contribution < -0.4 is 10.6 Å². The van der Waals surface area contributed by atoms with Gasteiger partial charge in [-0.15, -0.1) is 0 Å². The van der Waals surface area contributed by atoms with Crippen LogP contribution in [0.25, 0.3) is 0 Å². The van der Waals surface area contributed by atoms with Crippen molar-refractivity contribution in [2.75, 3.05) is 11.9 Å². The summed E-state index contributed by atoms with van der Waals surface area (Å²) in [6.45, 7) is 4.60. The number of carboxylic acids is 1. The molecule has 0 aromatic heterocycles. The van der Waals surface area contributed by atoms with Gasteiger partial charge in [-0.3, -0.25) is 0 Å². The maximum absolute atomic E-state index is 12.0. The number of carbonyl (C=O) groups excluding carboxylic acids is 1. The van der Waals surface area contributed by atoms with Gasteiger partial charge >= 0.3 is 12.0 Å². The quantitative estimate of drug-likeness (QED) is 0.777. The second-order valence-electron chi connectivity index (χ2n) is 5.87. The zero-order chi connectivity index (χ0) is 15.5. The molecule has 5 heteroatoms. The third-order valence-electron chi connectivity index (χ3n) is 4.44. The lowest BCUT2D eigenvalue weighted by Crippen LogP contribution is -2.43. The van der Waals surface area contributed by atoms with E-state index >= 15 is 0 Å². The molecule has 1 aliphatic rings. The summed E-state index contributed by atoms with van der Waals surface area (Å²) in [5, 5.41) is 14.7. The van der Waals surface area contributed by atoms with E-state index in [1.165, 1.54) is 6.42 Å². The Labute approximate surface area is 124 Å². The summed E-state index contributed by atoms with van der Waals surface area (Å²) in [5.41, 5.74) is 1.52. The van der Waals surface area contributed by atoms with Gasteiger partial charge in [0.2, 0.25) is 0 Å². The fourth-order valence-electron chi connectivity index (χ4n) is 2.71. The van der Waals surface area contributed by atoms with Crippen LogP contribution in [-0.4, -0.2) is 23.7 Å². The van der Waals surface area contributed by atoms with Crippen LogP contribution in [0.3, 0.4) is 0 Å². The molecule has 0 spiro atoms. The van der Waals surface area contributed by atoms with Gasteiger partial charge in [0.1, 0.15) is 0 Å². The number of amides is 2. The van der Waals surface area contributed by atoms with Gasteiger partial charge in [-0.2, -0.15) is 0 Å². The summed E-state index contributed by atoms with van der Waals surface area (Å²) in [4.78, 5) is 23.2. The maximum atomic E-state index is 12.0. The topological polar surface area (TPSA) is 78.4 Å². The fraction of sp³-hybridized carbons (Fsp3) is 0.500. The Morgan fingerprint density at radius 2 is 2.05 bits per heavy atom. The molecule has 0 atom stereocenters. The normalized spacial score (nSPS) is 15.9. The number of benzene rings is 1. The summed E-state index contributed by atoms with van der Waals surface area (Å²) in [6, 6.07) is 4.61. The first-order valence-electron chi connectivity index (χ1n) is 7.34. The molecular formula is C16H22N2O3. The smallest absolute Gasteiger partial charge is 0.337 e. The summed E-state index contributed by atoms with van der Waals surface area (Å²) >= 11 is 0. The first-order valence-corrected chi connectivity index (χ1v) is 7.34. The highest BCUT2D eigenvalue weighted by atomic mass is 16.4. The van der Waals surface area contributed by atoms with E-state index in [0.29, 0.717) is 12.2 Å². The van der Waals surface area contributed by atoms with Crippen molar-refractivity contribution in [2.24, 2.45) is 5.41 Å². The van der Waals surface area contributed by atoms with Crippen LogP contribution >= 0.6 is 0 Å². The van der Waals surface area contributed by atoms with Gasteiger partial charge in [0.05, 0.1) is 11.3 Å². The van der Waals surface area contributed by atoms with Crippen LogP contribution in [0.5, 0.6) is 0 Å². The molecule has 1 aromatic rings. The molecule has 114 valence electrons. The zero-order valence-electron chi connectivity index (χ0n) is 12.5. The van der Waals surface area contributed by atoms with Crippen molar-refractivity contribution < 1.29 is 14.7 Å². The van der Waals surface area contributed by atoms with Gasteiger partial charge in [0.15, 0.2) is 0 Å². The third kappa shape index (κ3) is 3.54. The summed E-state index contributed by atoms with van der Waals surface area (Å²) in [5.74, 6) is -1.04. The largest absolute Gasteiger partial charge is 0.478 e. The average Bonchev–Trinajstić information content (AvgIpc) is 2.40. The zero-order valence-corrected chi connectivity index (χ0v) is 12.5. The number of aryl methyl sites for hydroxylation is 1. The van der Waals surface area contributed by atoms with Crippen LogP contribution in [0.2, 0.25) is 0 Å². The van der Waals surface area contributed by atoms with Gasteiger partial charge in [0.25, 0.3) is 0 Å². The fourth-order valence-corrected chi connectivity index (χ4v) is 2.71. The van der Waals surface area contributed by atoms with Crippen molar-refractivity contribution >= 4 is 17.7 Å². The number of nitrogens with one attached hydrogen (secondary N) is 2.